The van der Waals surface area contributed by atoms with Crippen LogP contribution < -0.4 is 0 Å². The number of carbonyl (C=O) groups excluding carboxylic acids is 1. The topological polar surface area (TPSA) is 17.1 Å². The van der Waals surface area contributed by atoms with Crippen molar-refractivity contribution in [2.45, 2.75) is 25.6 Å². The largest absolute Gasteiger partial charge is 0.294 e. The first kappa shape index (κ1) is 11.8. The molecule has 0 bridgehead atoms. The zero-order chi connectivity index (χ0) is 11.0. The Kier molecular flexibility index (Phi) is 3.13. The van der Waals surface area contributed by atoms with Crippen molar-refractivity contribution in [3.05, 3.63) is 24.3 Å². The molecule has 1 aliphatic rings. The highest BCUT2D eigenvalue weighted by atomic mass is 35.5. The van der Waals surface area contributed by atoms with Crippen LogP contribution in [0.5, 0.6) is 0 Å². The minimum atomic E-state index is -0.798. The highest BCUT2D eigenvalue weighted by molar-refractivity contribution is 6.46. The molecule has 0 amide bonds. The lowest BCUT2D eigenvalue weighted by molar-refractivity contribution is -0.120. The number of allylic oxidation sites excluding steroid dienone is 4. The van der Waals surface area contributed by atoms with Gasteiger partial charge in [0, 0.05) is 5.41 Å². The summed E-state index contributed by atoms with van der Waals surface area (Å²) in [5.41, 5.74) is -0.913. The van der Waals surface area contributed by atoms with E-state index in [4.69, 9.17) is 23.2 Å². The molecule has 3 heteroatoms. The molecule has 1 aliphatic carbocycles. The quantitative estimate of drug-likeness (QED) is 0.500. The summed E-state index contributed by atoms with van der Waals surface area (Å²) in [6.07, 6.45) is 7.21. The number of ketones is 1. The Morgan fingerprint density at radius 3 is 2.21 bits per heavy atom. The van der Waals surface area contributed by atoms with Crippen LogP contribution in [0.25, 0.3) is 0 Å². The number of alkyl halides is 2. The van der Waals surface area contributed by atoms with Crippen LogP contribution >= 0.6 is 23.2 Å². The van der Waals surface area contributed by atoms with E-state index in [-0.39, 0.29) is 11.2 Å². The molecular formula is C11H14Cl2O. The van der Waals surface area contributed by atoms with Gasteiger partial charge in [-0.25, -0.2) is 0 Å². The van der Waals surface area contributed by atoms with Crippen LogP contribution in [0, 0.1) is 10.8 Å². The maximum atomic E-state index is 11.8. The third kappa shape index (κ3) is 2.21. The lowest BCUT2D eigenvalue weighted by atomic mass is 9.87. The van der Waals surface area contributed by atoms with Crippen molar-refractivity contribution >= 4 is 29.0 Å². The molecule has 78 valence electrons. The monoisotopic (exact) mass is 232 g/mol. The second-order valence-corrected chi connectivity index (χ2v) is 5.53. The fourth-order valence-corrected chi connectivity index (χ4v) is 1.54. The molecule has 0 aromatic rings. The van der Waals surface area contributed by atoms with Crippen molar-refractivity contribution in [1.29, 1.82) is 0 Å². The maximum absolute atomic E-state index is 11.8. The second kappa shape index (κ2) is 3.71. The highest BCUT2D eigenvalue weighted by Gasteiger charge is 2.37. The van der Waals surface area contributed by atoms with Gasteiger partial charge in [-0.3, -0.25) is 4.79 Å². The molecule has 1 rings (SSSR count). The maximum Gasteiger partial charge on any atom is 0.167 e. The van der Waals surface area contributed by atoms with Crippen molar-refractivity contribution in [3.8, 4) is 0 Å². The highest BCUT2D eigenvalue weighted by Crippen LogP contribution is 2.36. The molecule has 1 nitrogen and oxygen atoms in total. The van der Waals surface area contributed by atoms with Crippen LogP contribution in [-0.4, -0.2) is 10.6 Å². The Balaban J connectivity index is 3.14. The lowest BCUT2D eigenvalue weighted by Crippen LogP contribution is -2.30. The Labute approximate surface area is 94.8 Å². The van der Waals surface area contributed by atoms with Gasteiger partial charge in [0.05, 0.1) is 5.41 Å². The fraction of sp³-hybridized carbons (Fsp3) is 0.545. The van der Waals surface area contributed by atoms with Crippen LogP contribution in [0.2, 0.25) is 0 Å². The van der Waals surface area contributed by atoms with Crippen LogP contribution in [0.1, 0.15) is 20.8 Å². The first-order valence-corrected chi connectivity index (χ1v) is 5.37. The molecular weight excluding hydrogens is 219 g/mol. The van der Waals surface area contributed by atoms with E-state index < -0.39 is 10.3 Å². The number of hydrogen-bond acceptors (Lipinski definition) is 1. The minimum absolute atomic E-state index is 0.0469. The van der Waals surface area contributed by atoms with Gasteiger partial charge in [0.25, 0.3) is 0 Å². The molecule has 0 saturated carbocycles. The number of carbonyl (C=O) groups is 1. The van der Waals surface area contributed by atoms with Gasteiger partial charge in [0.15, 0.2) is 5.78 Å². The van der Waals surface area contributed by atoms with E-state index in [0.717, 1.165) is 0 Å². The first-order chi connectivity index (χ1) is 6.28. The number of rotatable bonds is 1. The average Bonchev–Trinajstić information content (AvgIpc) is 2.18. The summed E-state index contributed by atoms with van der Waals surface area (Å²) in [7, 11) is 0. The standard InChI is InChI=1S/C11H14Cl2O/c1-10(2)5-4-8(14)11(3,7-6-10)9(12)13/h4-7,9H,1-3H3. The predicted molar refractivity (Wildman–Crippen MR) is 60.7 cm³/mol. The van der Waals surface area contributed by atoms with Gasteiger partial charge in [-0.2, -0.15) is 0 Å². The number of hydrogen-bond donors (Lipinski definition) is 0. The summed E-state index contributed by atoms with van der Waals surface area (Å²) in [6.45, 7) is 5.80. The predicted octanol–water partition coefficient (Wildman–Crippen LogP) is 3.52. The van der Waals surface area contributed by atoms with E-state index in [2.05, 4.69) is 0 Å². The molecule has 0 spiro atoms. The lowest BCUT2D eigenvalue weighted by Gasteiger charge is -2.23. The van der Waals surface area contributed by atoms with Crippen molar-refractivity contribution in [2.75, 3.05) is 0 Å². The Morgan fingerprint density at radius 1 is 1.14 bits per heavy atom. The van der Waals surface area contributed by atoms with E-state index in [9.17, 15) is 4.79 Å². The molecule has 1 unspecified atom stereocenters. The Morgan fingerprint density at radius 2 is 1.71 bits per heavy atom. The van der Waals surface area contributed by atoms with Crippen molar-refractivity contribution < 1.29 is 4.79 Å². The molecule has 0 N–H and O–H groups in total. The number of halogens is 2. The molecule has 1 atom stereocenters. The van der Waals surface area contributed by atoms with Gasteiger partial charge >= 0.3 is 0 Å². The third-order valence-corrected chi connectivity index (χ3v) is 3.41. The second-order valence-electron chi connectivity index (χ2n) is 4.44. The van der Waals surface area contributed by atoms with E-state index >= 15 is 0 Å². The summed E-state index contributed by atoms with van der Waals surface area (Å²) < 4.78 is 0. The smallest absolute Gasteiger partial charge is 0.167 e. The van der Waals surface area contributed by atoms with Gasteiger partial charge in [0.1, 0.15) is 4.84 Å². The van der Waals surface area contributed by atoms with Crippen molar-refractivity contribution in [1.82, 2.24) is 0 Å². The summed E-state index contributed by atoms with van der Waals surface area (Å²) in [6, 6.07) is 0. The summed E-state index contributed by atoms with van der Waals surface area (Å²) in [5.74, 6) is -0.0469. The van der Waals surface area contributed by atoms with Gasteiger partial charge in [-0.15, -0.1) is 23.2 Å². The zero-order valence-electron chi connectivity index (χ0n) is 8.55. The summed E-state index contributed by atoms with van der Waals surface area (Å²) in [4.78, 5) is 11.0. The minimum Gasteiger partial charge on any atom is -0.294 e. The van der Waals surface area contributed by atoms with Crippen LogP contribution in [0.3, 0.4) is 0 Å². The van der Waals surface area contributed by atoms with Crippen molar-refractivity contribution in [2.24, 2.45) is 10.8 Å². The first-order valence-electron chi connectivity index (χ1n) is 4.50. The molecule has 0 radical (unpaired) electrons. The Hall–Kier alpha value is -0.270. The fourth-order valence-electron chi connectivity index (χ4n) is 1.18. The molecule has 0 saturated heterocycles. The van der Waals surface area contributed by atoms with Crippen LogP contribution in [0.15, 0.2) is 24.3 Å². The molecule has 0 fully saturated rings. The normalized spacial score (nSPS) is 30.9. The average molecular weight is 233 g/mol. The van der Waals surface area contributed by atoms with E-state index in [1.54, 1.807) is 19.1 Å². The van der Waals surface area contributed by atoms with E-state index in [1.165, 1.54) is 0 Å². The molecule has 0 aromatic heterocycles. The van der Waals surface area contributed by atoms with Gasteiger partial charge in [0.2, 0.25) is 0 Å². The van der Waals surface area contributed by atoms with Crippen molar-refractivity contribution in [3.63, 3.8) is 0 Å². The molecule has 0 aliphatic heterocycles. The zero-order valence-corrected chi connectivity index (χ0v) is 10.1. The van der Waals surface area contributed by atoms with Gasteiger partial charge in [-0.05, 0) is 13.0 Å². The molecule has 14 heavy (non-hydrogen) atoms. The van der Waals surface area contributed by atoms with Crippen LogP contribution in [-0.2, 0) is 4.79 Å². The van der Waals surface area contributed by atoms with Crippen LogP contribution in [0.4, 0.5) is 0 Å². The van der Waals surface area contributed by atoms with E-state index in [0.29, 0.717) is 0 Å². The SMILES string of the molecule is CC1(C)C=CC(=O)C(C)(C(Cl)Cl)C=C1. The third-order valence-electron chi connectivity index (χ3n) is 2.51. The summed E-state index contributed by atoms with van der Waals surface area (Å²) in [5, 5.41) is 0. The Bertz CT molecular complexity index is 302. The summed E-state index contributed by atoms with van der Waals surface area (Å²) >= 11 is 11.6. The van der Waals surface area contributed by atoms with Gasteiger partial charge in [-0.1, -0.05) is 32.1 Å². The molecule has 0 aromatic carbocycles. The van der Waals surface area contributed by atoms with Gasteiger partial charge < -0.3 is 0 Å². The van der Waals surface area contributed by atoms with E-state index in [1.807, 2.05) is 26.0 Å². The molecule has 0 heterocycles.